The first-order chi connectivity index (χ1) is 8.72. The molecule has 0 bridgehead atoms. The van der Waals surface area contributed by atoms with Crippen LogP contribution in [0.15, 0.2) is 24.5 Å². The topological polar surface area (TPSA) is 50.3 Å². The number of aromatic nitrogens is 1. The Balaban J connectivity index is 1.94. The maximum atomic E-state index is 12.2. The molecule has 96 valence electrons. The van der Waals surface area contributed by atoms with Gasteiger partial charge in [0.2, 0.25) is 5.91 Å². The van der Waals surface area contributed by atoms with E-state index in [0.29, 0.717) is 25.1 Å². The number of carbonyl (C=O) groups is 2. The fourth-order valence-electron chi connectivity index (χ4n) is 2.36. The van der Waals surface area contributed by atoms with Gasteiger partial charge in [0.15, 0.2) is 5.78 Å². The number of nitrogens with zero attached hydrogens (tertiary/aromatic N) is 2. The summed E-state index contributed by atoms with van der Waals surface area (Å²) in [7, 11) is 0. The lowest BCUT2D eigenvalue weighted by atomic mass is 9.89. The summed E-state index contributed by atoms with van der Waals surface area (Å²) < 4.78 is 0. The third-order valence-corrected chi connectivity index (χ3v) is 3.47. The van der Waals surface area contributed by atoms with Crippen molar-refractivity contribution in [2.75, 3.05) is 13.1 Å². The fourth-order valence-corrected chi connectivity index (χ4v) is 2.36. The van der Waals surface area contributed by atoms with Gasteiger partial charge in [0.05, 0.1) is 0 Å². The number of likely N-dealkylation sites (tertiary alicyclic amines) is 1. The maximum absolute atomic E-state index is 12.2. The van der Waals surface area contributed by atoms with Gasteiger partial charge in [-0.25, -0.2) is 0 Å². The predicted molar refractivity (Wildman–Crippen MR) is 68.2 cm³/mol. The van der Waals surface area contributed by atoms with Crippen LogP contribution >= 0.6 is 0 Å². The van der Waals surface area contributed by atoms with Gasteiger partial charge in [-0.2, -0.15) is 0 Å². The van der Waals surface area contributed by atoms with Crippen molar-refractivity contribution >= 4 is 11.7 Å². The molecule has 0 N–H and O–H groups in total. The van der Waals surface area contributed by atoms with Crippen molar-refractivity contribution in [1.29, 1.82) is 0 Å². The summed E-state index contributed by atoms with van der Waals surface area (Å²) in [6.45, 7) is 3.27. The molecule has 0 aliphatic carbocycles. The smallest absolute Gasteiger partial charge is 0.222 e. The first-order valence-corrected chi connectivity index (χ1v) is 6.44. The Morgan fingerprint density at radius 3 is 2.67 bits per heavy atom. The number of ketones is 1. The zero-order valence-electron chi connectivity index (χ0n) is 10.6. The maximum Gasteiger partial charge on any atom is 0.222 e. The third-order valence-electron chi connectivity index (χ3n) is 3.47. The highest BCUT2D eigenvalue weighted by atomic mass is 16.2. The van der Waals surface area contributed by atoms with Crippen LogP contribution in [0.4, 0.5) is 0 Å². The molecule has 1 saturated heterocycles. The Kier molecular flexibility index (Phi) is 4.07. The molecule has 0 atom stereocenters. The van der Waals surface area contributed by atoms with E-state index in [-0.39, 0.29) is 17.6 Å². The number of rotatable bonds is 3. The largest absolute Gasteiger partial charge is 0.343 e. The lowest BCUT2D eigenvalue weighted by molar-refractivity contribution is -0.132. The average molecular weight is 246 g/mol. The summed E-state index contributed by atoms with van der Waals surface area (Å²) in [5.74, 6) is 0.379. The Hall–Kier alpha value is -1.71. The van der Waals surface area contributed by atoms with Crippen molar-refractivity contribution in [1.82, 2.24) is 9.88 Å². The number of pyridine rings is 1. The summed E-state index contributed by atoms with van der Waals surface area (Å²) in [4.78, 5) is 29.6. The second-order valence-electron chi connectivity index (χ2n) is 4.61. The number of Topliss-reactive ketones (excluding diaryl/α,β-unsaturated/α-hetero) is 1. The Bertz CT molecular complexity index is 423. The molecule has 0 radical (unpaired) electrons. The summed E-state index contributed by atoms with van der Waals surface area (Å²) in [5, 5.41) is 0. The Morgan fingerprint density at radius 2 is 2.11 bits per heavy atom. The minimum Gasteiger partial charge on any atom is -0.343 e. The number of amides is 1. The van der Waals surface area contributed by atoms with Crippen LogP contribution in [-0.4, -0.2) is 34.7 Å². The van der Waals surface area contributed by atoms with Crippen LogP contribution in [0, 0.1) is 5.92 Å². The van der Waals surface area contributed by atoms with Crippen LogP contribution in [0.2, 0.25) is 0 Å². The van der Waals surface area contributed by atoms with Gasteiger partial charge in [-0.05, 0) is 25.0 Å². The molecule has 0 saturated carbocycles. The molecular formula is C14H18N2O2. The van der Waals surface area contributed by atoms with Gasteiger partial charge in [0.25, 0.3) is 0 Å². The lowest BCUT2D eigenvalue weighted by Crippen LogP contribution is -2.39. The van der Waals surface area contributed by atoms with Gasteiger partial charge < -0.3 is 4.90 Å². The van der Waals surface area contributed by atoms with E-state index in [0.717, 1.165) is 12.8 Å². The predicted octanol–water partition coefficient (Wildman–Crippen LogP) is 1.91. The second-order valence-corrected chi connectivity index (χ2v) is 4.61. The SMILES string of the molecule is CCC(=O)N1CCC(C(=O)c2cccnc2)CC1. The molecule has 0 unspecified atom stereocenters. The standard InChI is InChI=1S/C14H18N2O2/c1-2-13(17)16-8-5-11(6-9-16)14(18)12-4-3-7-15-10-12/h3-4,7,10-11H,2,5-6,8-9H2,1H3. The van der Waals surface area contributed by atoms with E-state index in [9.17, 15) is 9.59 Å². The van der Waals surface area contributed by atoms with Crippen molar-refractivity contribution in [2.24, 2.45) is 5.92 Å². The van der Waals surface area contributed by atoms with Crippen LogP contribution in [0.5, 0.6) is 0 Å². The van der Waals surface area contributed by atoms with Crippen LogP contribution in [-0.2, 0) is 4.79 Å². The molecule has 1 fully saturated rings. The third kappa shape index (κ3) is 2.75. The Morgan fingerprint density at radius 1 is 1.39 bits per heavy atom. The number of hydrogen-bond acceptors (Lipinski definition) is 3. The zero-order chi connectivity index (χ0) is 13.0. The van der Waals surface area contributed by atoms with E-state index in [2.05, 4.69) is 4.98 Å². The summed E-state index contributed by atoms with van der Waals surface area (Å²) >= 11 is 0. The molecule has 1 aromatic rings. The highest BCUT2D eigenvalue weighted by Crippen LogP contribution is 2.21. The molecule has 0 spiro atoms. The van der Waals surface area contributed by atoms with Gasteiger partial charge in [-0.1, -0.05) is 6.92 Å². The average Bonchev–Trinajstić information content (AvgIpc) is 2.47. The van der Waals surface area contributed by atoms with Gasteiger partial charge in [-0.15, -0.1) is 0 Å². The van der Waals surface area contributed by atoms with E-state index in [1.807, 2.05) is 11.8 Å². The van der Waals surface area contributed by atoms with Crippen molar-refractivity contribution < 1.29 is 9.59 Å². The first kappa shape index (κ1) is 12.7. The quantitative estimate of drug-likeness (QED) is 0.765. The molecule has 1 aliphatic heterocycles. The molecular weight excluding hydrogens is 228 g/mol. The van der Waals surface area contributed by atoms with Crippen molar-refractivity contribution in [3.63, 3.8) is 0 Å². The molecule has 2 rings (SSSR count). The van der Waals surface area contributed by atoms with Gasteiger partial charge in [-0.3, -0.25) is 14.6 Å². The van der Waals surface area contributed by atoms with E-state index in [1.165, 1.54) is 0 Å². The van der Waals surface area contributed by atoms with Gasteiger partial charge in [0, 0.05) is 43.4 Å². The highest BCUT2D eigenvalue weighted by Gasteiger charge is 2.27. The minimum atomic E-state index is 0.0371. The molecule has 1 aliphatic rings. The Labute approximate surface area is 107 Å². The zero-order valence-corrected chi connectivity index (χ0v) is 10.6. The molecule has 4 nitrogen and oxygen atoms in total. The molecule has 1 aromatic heterocycles. The summed E-state index contributed by atoms with van der Waals surface area (Å²) in [6, 6.07) is 3.59. The number of carbonyl (C=O) groups excluding carboxylic acids is 2. The number of piperidine rings is 1. The van der Waals surface area contributed by atoms with Crippen LogP contribution in [0.25, 0.3) is 0 Å². The van der Waals surface area contributed by atoms with Crippen molar-refractivity contribution in [3.05, 3.63) is 30.1 Å². The molecule has 1 amide bonds. The van der Waals surface area contributed by atoms with Crippen molar-refractivity contribution in [2.45, 2.75) is 26.2 Å². The van der Waals surface area contributed by atoms with Crippen molar-refractivity contribution in [3.8, 4) is 0 Å². The normalized spacial score (nSPS) is 16.6. The van der Waals surface area contributed by atoms with Crippen LogP contribution in [0.1, 0.15) is 36.5 Å². The second kappa shape index (κ2) is 5.76. The van der Waals surface area contributed by atoms with E-state index in [4.69, 9.17) is 0 Å². The summed E-state index contributed by atoms with van der Waals surface area (Å²) in [6.07, 6.45) is 5.35. The first-order valence-electron chi connectivity index (χ1n) is 6.44. The van der Waals surface area contributed by atoms with E-state index in [1.54, 1.807) is 24.5 Å². The van der Waals surface area contributed by atoms with Crippen LogP contribution in [0.3, 0.4) is 0 Å². The van der Waals surface area contributed by atoms with E-state index >= 15 is 0 Å². The highest BCUT2D eigenvalue weighted by molar-refractivity contribution is 5.97. The molecule has 18 heavy (non-hydrogen) atoms. The molecule has 0 aromatic carbocycles. The lowest BCUT2D eigenvalue weighted by Gasteiger charge is -2.31. The van der Waals surface area contributed by atoms with E-state index < -0.39 is 0 Å². The number of hydrogen-bond donors (Lipinski definition) is 0. The van der Waals surface area contributed by atoms with Gasteiger partial charge >= 0.3 is 0 Å². The molecule has 2 heterocycles. The molecule has 4 heteroatoms. The van der Waals surface area contributed by atoms with Crippen LogP contribution < -0.4 is 0 Å². The monoisotopic (exact) mass is 246 g/mol. The minimum absolute atomic E-state index is 0.0371. The fraction of sp³-hybridized carbons (Fsp3) is 0.500. The van der Waals surface area contributed by atoms with Gasteiger partial charge in [0.1, 0.15) is 0 Å². The summed E-state index contributed by atoms with van der Waals surface area (Å²) in [5.41, 5.74) is 0.678.